The average Bonchev–Trinajstić information content (AvgIpc) is 2.39. The minimum atomic E-state index is -0.442. The van der Waals surface area contributed by atoms with E-state index in [0.717, 1.165) is 5.69 Å². The number of aromatic nitrogens is 2. The van der Waals surface area contributed by atoms with Gasteiger partial charge < -0.3 is 4.90 Å². The Hall–Kier alpha value is -2.02. The first-order valence-electron chi connectivity index (χ1n) is 5.49. The summed E-state index contributed by atoms with van der Waals surface area (Å²) >= 11 is 3.18. The molecule has 0 aliphatic heterocycles. The number of nitrogens with zero attached hydrogens (tertiary/aromatic N) is 4. The van der Waals surface area contributed by atoms with E-state index >= 15 is 0 Å². The fourth-order valence-electron chi connectivity index (χ4n) is 1.66. The highest BCUT2D eigenvalue weighted by atomic mass is 79.9. The van der Waals surface area contributed by atoms with Crippen molar-refractivity contribution in [3.63, 3.8) is 0 Å². The summed E-state index contributed by atoms with van der Waals surface area (Å²) in [5.74, 6) is 0.318. The van der Waals surface area contributed by atoms with Crippen LogP contribution in [0.15, 0.2) is 41.1 Å². The van der Waals surface area contributed by atoms with Crippen LogP contribution in [-0.2, 0) is 6.54 Å². The van der Waals surface area contributed by atoms with Gasteiger partial charge in [0, 0.05) is 30.0 Å². The van der Waals surface area contributed by atoms with Gasteiger partial charge in [0.2, 0.25) is 5.82 Å². The van der Waals surface area contributed by atoms with Crippen molar-refractivity contribution in [3.8, 4) is 0 Å². The predicted molar refractivity (Wildman–Crippen MR) is 74.9 cm³/mol. The molecule has 0 aliphatic rings. The van der Waals surface area contributed by atoms with E-state index in [4.69, 9.17) is 0 Å². The van der Waals surface area contributed by atoms with E-state index in [0.29, 0.717) is 16.8 Å². The molecule has 0 radical (unpaired) electrons. The van der Waals surface area contributed by atoms with Gasteiger partial charge >= 0.3 is 5.69 Å². The van der Waals surface area contributed by atoms with Gasteiger partial charge in [-0.3, -0.25) is 15.1 Å². The average molecular weight is 323 g/mol. The molecule has 19 heavy (non-hydrogen) atoms. The fraction of sp³-hybridized carbons (Fsp3) is 0.167. The monoisotopic (exact) mass is 322 g/mol. The highest BCUT2D eigenvalue weighted by molar-refractivity contribution is 9.10. The van der Waals surface area contributed by atoms with Crippen LogP contribution in [0.3, 0.4) is 0 Å². The molecule has 0 spiro atoms. The van der Waals surface area contributed by atoms with E-state index in [1.165, 1.54) is 12.3 Å². The van der Waals surface area contributed by atoms with Gasteiger partial charge in [0.15, 0.2) is 0 Å². The molecule has 0 N–H and O–H groups in total. The summed E-state index contributed by atoms with van der Waals surface area (Å²) in [6.07, 6.45) is 3.23. The van der Waals surface area contributed by atoms with Crippen molar-refractivity contribution in [3.05, 3.63) is 56.9 Å². The van der Waals surface area contributed by atoms with Crippen LogP contribution in [0.1, 0.15) is 5.69 Å². The molecule has 0 atom stereocenters. The Balaban J connectivity index is 2.28. The van der Waals surface area contributed by atoms with Gasteiger partial charge in [-0.2, -0.15) is 0 Å². The lowest BCUT2D eigenvalue weighted by Gasteiger charge is -2.17. The standard InChI is InChI=1S/C12H11BrN4O2/c1-16(8-10-4-2-3-5-14-10)12-11(17(18)19)6-9(13)7-15-12/h2-7H,8H2,1H3. The third kappa shape index (κ3) is 3.25. The molecule has 0 saturated heterocycles. The van der Waals surface area contributed by atoms with Crippen molar-refractivity contribution in [1.29, 1.82) is 0 Å². The Bertz CT molecular complexity index is 592. The van der Waals surface area contributed by atoms with Crippen LogP contribution >= 0.6 is 15.9 Å². The summed E-state index contributed by atoms with van der Waals surface area (Å²) in [6, 6.07) is 7.00. The lowest BCUT2D eigenvalue weighted by molar-refractivity contribution is -0.384. The van der Waals surface area contributed by atoms with Crippen molar-refractivity contribution in [1.82, 2.24) is 9.97 Å². The normalized spacial score (nSPS) is 10.2. The highest BCUT2D eigenvalue weighted by Crippen LogP contribution is 2.28. The van der Waals surface area contributed by atoms with Crippen molar-refractivity contribution < 1.29 is 4.92 Å². The number of anilines is 1. The molecule has 7 heteroatoms. The van der Waals surface area contributed by atoms with Crippen LogP contribution in [0.4, 0.5) is 11.5 Å². The van der Waals surface area contributed by atoms with Crippen molar-refractivity contribution in [2.24, 2.45) is 0 Å². The minimum absolute atomic E-state index is 0.0344. The number of nitro groups is 1. The molecule has 0 aromatic carbocycles. The number of pyridine rings is 2. The Morgan fingerprint density at radius 3 is 2.84 bits per heavy atom. The van der Waals surface area contributed by atoms with Gasteiger partial charge in [-0.25, -0.2) is 4.98 Å². The maximum absolute atomic E-state index is 11.0. The van der Waals surface area contributed by atoms with Crippen molar-refractivity contribution in [2.75, 3.05) is 11.9 Å². The first-order valence-corrected chi connectivity index (χ1v) is 6.28. The van der Waals surface area contributed by atoms with E-state index in [2.05, 4.69) is 25.9 Å². The lowest BCUT2D eigenvalue weighted by Crippen LogP contribution is -2.19. The van der Waals surface area contributed by atoms with E-state index < -0.39 is 4.92 Å². The van der Waals surface area contributed by atoms with Gasteiger partial charge in [0.05, 0.1) is 17.2 Å². The van der Waals surface area contributed by atoms with E-state index in [1.54, 1.807) is 18.1 Å². The topological polar surface area (TPSA) is 72.2 Å². The second-order valence-corrected chi connectivity index (χ2v) is 4.85. The molecule has 98 valence electrons. The molecule has 2 rings (SSSR count). The quantitative estimate of drug-likeness (QED) is 0.639. The van der Waals surface area contributed by atoms with E-state index in [9.17, 15) is 10.1 Å². The maximum atomic E-state index is 11.0. The van der Waals surface area contributed by atoms with Crippen LogP contribution in [0.5, 0.6) is 0 Å². The molecular weight excluding hydrogens is 312 g/mol. The van der Waals surface area contributed by atoms with Gasteiger partial charge in [0.1, 0.15) is 0 Å². The Morgan fingerprint density at radius 1 is 1.42 bits per heavy atom. The van der Waals surface area contributed by atoms with Crippen LogP contribution in [0, 0.1) is 10.1 Å². The predicted octanol–water partition coefficient (Wildman–Crippen LogP) is 2.78. The molecular formula is C12H11BrN4O2. The Kier molecular flexibility index (Phi) is 4.06. The smallest absolute Gasteiger partial charge is 0.312 e. The molecule has 6 nitrogen and oxygen atoms in total. The number of hydrogen-bond donors (Lipinski definition) is 0. The Morgan fingerprint density at radius 2 is 2.21 bits per heavy atom. The van der Waals surface area contributed by atoms with Gasteiger partial charge in [0.25, 0.3) is 0 Å². The molecule has 0 saturated carbocycles. The second kappa shape index (κ2) is 5.75. The van der Waals surface area contributed by atoms with E-state index in [1.807, 2.05) is 18.2 Å². The number of halogens is 1. The zero-order chi connectivity index (χ0) is 13.8. The second-order valence-electron chi connectivity index (χ2n) is 3.93. The van der Waals surface area contributed by atoms with Gasteiger partial charge in [-0.1, -0.05) is 6.07 Å². The van der Waals surface area contributed by atoms with Gasteiger partial charge in [-0.05, 0) is 28.1 Å². The molecule has 0 unspecified atom stereocenters. The summed E-state index contributed by atoms with van der Waals surface area (Å²) in [5, 5.41) is 11.0. The molecule has 0 aliphatic carbocycles. The molecule has 0 bridgehead atoms. The van der Waals surface area contributed by atoms with Crippen LogP contribution in [0.25, 0.3) is 0 Å². The number of rotatable bonds is 4. The summed E-state index contributed by atoms with van der Waals surface area (Å²) in [4.78, 5) is 20.6. The Labute approximate surface area is 118 Å². The third-order valence-corrected chi connectivity index (χ3v) is 2.93. The first kappa shape index (κ1) is 13.4. The fourth-order valence-corrected chi connectivity index (χ4v) is 1.98. The van der Waals surface area contributed by atoms with Crippen LogP contribution in [-0.4, -0.2) is 21.9 Å². The largest absolute Gasteiger partial charge is 0.348 e. The van der Waals surface area contributed by atoms with Crippen LogP contribution in [0.2, 0.25) is 0 Å². The molecule has 0 fully saturated rings. The molecule has 2 heterocycles. The van der Waals surface area contributed by atoms with Crippen molar-refractivity contribution in [2.45, 2.75) is 6.54 Å². The zero-order valence-corrected chi connectivity index (χ0v) is 11.7. The summed E-state index contributed by atoms with van der Waals surface area (Å²) in [7, 11) is 1.75. The van der Waals surface area contributed by atoms with Gasteiger partial charge in [-0.15, -0.1) is 0 Å². The SMILES string of the molecule is CN(Cc1ccccn1)c1ncc(Br)cc1[N+](=O)[O-]. The lowest BCUT2D eigenvalue weighted by atomic mass is 10.3. The highest BCUT2D eigenvalue weighted by Gasteiger charge is 2.19. The first-order chi connectivity index (χ1) is 9.08. The third-order valence-electron chi connectivity index (χ3n) is 2.50. The minimum Gasteiger partial charge on any atom is -0.348 e. The summed E-state index contributed by atoms with van der Waals surface area (Å²) < 4.78 is 0.578. The van der Waals surface area contributed by atoms with Crippen LogP contribution < -0.4 is 4.90 Å². The molecule has 0 amide bonds. The number of hydrogen-bond acceptors (Lipinski definition) is 5. The summed E-state index contributed by atoms with van der Waals surface area (Å²) in [6.45, 7) is 0.455. The molecule has 2 aromatic heterocycles. The van der Waals surface area contributed by atoms with E-state index in [-0.39, 0.29) is 5.69 Å². The molecule has 2 aromatic rings. The van der Waals surface area contributed by atoms with Crippen molar-refractivity contribution >= 4 is 27.4 Å². The zero-order valence-electron chi connectivity index (χ0n) is 10.2. The summed E-state index contributed by atoms with van der Waals surface area (Å²) in [5.41, 5.74) is 0.789. The maximum Gasteiger partial charge on any atom is 0.312 e.